The molecule has 0 aromatic heterocycles. The largest absolute Gasteiger partial charge is 0.497 e. The van der Waals surface area contributed by atoms with Crippen molar-refractivity contribution in [2.45, 2.75) is 51.1 Å². The summed E-state index contributed by atoms with van der Waals surface area (Å²) in [6, 6.07) is 9.57. The molecule has 1 unspecified atom stereocenters. The Morgan fingerprint density at radius 2 is 2.05 bits per heavy atom. The van der Waals surface area contributed by atoms with Crippen LogP contribution in [0.25, 0.3) is 0 Å². The molecule has 1 aromatic carbocycles. The highest BCUT2D eigenvalue weighted by Gasteiger charge is 2.21. The second kappa shape index (κ2) is 8.40. The lowest BCUT2D eigenvalue weighted by molar-refractivity contribution is 0.175. The molecule has 0 saturated heterocycles. The summed E-state index contributed by atoms with van der Waals surface area (Å²) in [4.78, 5) is 2.55. The summed E-state index contributed by atoms with van der Waals surface area (Å²) in [5.41, 5.74) is 1.32. The van der Waals surface area contributed by atoms with Crippen LogP contribution in [0.5, 0.6) is 5.75 Å². The van der Waals surface area contributed by atoms with Crippen LogP contribution in [-0.4, -0.2) is 38.2 Å². The molecule has 1 aliphatic rings. The van der Waals surface area contributed by atoms with Gasteiger partial charge < -0.3 is 15.0 Å². The summed E-state index contributed by atoms with van der Waals surface area (Å²) < 4.78 is 5.36. The molecule has 21 heavy (non-hydrogen) atoms. The van der Waals surface area contributed by atoms with Gasteiger partial charge in [0.25, 0.3) is 0 Å². The number of nitrogens with zero attached hydrogens (tertiary/aromatic N) is 1. The number of rotatable bonds is 7. The molecule has 0 amide bonds. The van der Waals surface area contributed by atoms with Crippen molar-refractivity contribution in [1.29, 1.82) is 0 Å². The van der Waals surface area contributed by atoms with Crippen molar-refractivity contribution >= 4 is 0 Å². The van der Waals surface area contributed by atoms with Crippen molar-refractivity contribution in [3.63, 3.8) is 0 Å². The van der Waals surface area contributed by atoms with E-state index >= 15 is 0 Å². The summed E-state index contributed by atoms with van der Waals surface area (Å²) in [7, 11) is 4.01. The monoisotopic (exact) mass is 290 g/mol. The molecule has 0 bridgehead atoms. The fourth-order valence-corrected chi connectivity index (χ4v) is 3.35. The third-order valence-corrected chi connectivity index (χ3v) is 4.62. The number of nitrogens with one attached hydrogen (secondary N) is 1. The highest BCUT2D eigenvalue weighted by molar-refractivity contribution is 5.30. The van der Waals surface area contributed by atoms with Gasteiger partial charge in [0.15, 0.2) is 0 Å². The lowest BCUT2D eigenvalue weighted by Crippen LogP contribution is -2.40. The van der Waals surface area contributed by atoms with Gasteiger partial charge in [0.1, 0.15) is 5.75 Å². The highest BCUT2D eigenvalue weighted by atomic mass is 16.5. The topological polar surface area (TPSA) is 24.5 Å². The van der Waals surface area contributed by atoms with E-state index in [1.54, 1.807) is 7.11 Å². The van der Waals surface area contributed by atoms with E-state index in [0.717, 1.165) is 24.9 Å². The predicted octanol–water partition coefficient (Wildman–Crippen LogP) is 3.61. The Labute approximate surface area is 129 Å². The van der Waals surface area contributed by atoms with Crippen molar-refractivity contribution in [2.24, 2.45) is 0 Å². The van der Waals surface area contributed by atoms with Gasteiger partial charge in [0.05, 0.1) is 7.11 Å². The molecule has 3 heteroatoms. The van der Waals surface area contributed by atoms with Crippen LogP contribution in [0.3, 0.4) is 0 Å². The Balaban J connectivity index is 2.03. The van der Waals surface area contributed by atoms with Gasteiger partial charge in [-0.15, -0.1) is 0 Å². The molecule has 2 rings (SSSR count). The van der Waals surface area contributed by atoms with E-state index in [0.29, 0.717) is 6.04 Å². The number of benzene rings is 1. The average Bonchev–Trinajstić information content (AvgIpc) is 2.55. The van der Waals surface area contributed by atoms with Crippen molar-refractivity contribution in [3.8, 4) is 5.75 Å². The number of methoxy groups -OCH3 is 1. The van der Waals surface area contributed by atoms with Gasteiger partial charge in [-0.1, -0.05) is 38.3 Å². The molecule has 1 N–H and O–H groups in total. The summed E-state index contributed by atoms with van der Waals surface area (Å²) in [6.45, 7) is 4.22. The van der Waals surface area contributed by atoms with Crippen LogP contribution in [0.1, 0.15) is 50.6 Å². The standard InChI is InChI=1S/C18H30N2O/c1-4-19-18(15-9-8-12-17(13-15)21-3)14-20(2)16-10-6-5-7-11-16/h8-9,12-13,16,18-19H,4-7,10-11,14H2,1-3H3. The molecular formula is C18H30N2O. The van der Waals surface area contributed by atoms with E-state index in [4.69, 9.17) is 4.74 Å². The van der Waals surface area contributed by atoms with Gasteiger partial charge in [0, 0.05) is 18.6 Å². The maximum Gasteiger partial charge on any atom is 0.119 e. The molecule has 0 spiro atoms. The zero-order valence-electron chi connectivity index (χ0n) is 13.8. The second-order valence-electron chi connectivity index (χ2n) is 6.12. The Hall–Kier alpha value is -1.06. The Bertz CT molecular complexity index is 415. The zero-order chi connectivity index (χ0) is 15.1. The first-order valence-electron chi connectivity index (χ1n) is 8.32. The van der Waals surface area contributed by atoms with Crippen molar-refractivity contribution < 1.29 is 4.74 Å². The van der Waals surface area contributed by atoms with E-state index in [9.17, 15) is 0 Å². The first-order valence-corrected chi connectivity index (χ1v) is 8.32. The van der Waals surface area contributed by atoms with Crippen molar-refractivity contribution in [3.05, 3.63) is 29.8 Å². The quantitative estimate of drug-likeness (QED) is 0.830. The summed E-state index contributed by atoms with van der Waals surface area (Å²) in [5, 5.41) is 3.62. The molecular weight excluding hydrogens is 260 g/mol. The van der Waals surface area contributed by atoms with Gasteiger partial charge in [-0.05, 0) is 44.1 Å². The lowest BCUT2D eigenvalue weighted by atomic mass is 9.94. The normalized spacial score (nSPS) is 17.9. The minimum absolute atomic E-state index is 0.372. The van der Waals surface area contributed by atoms with Crippen LogP contribution in [0, 0.1) is 0 Å². The number of hydrogen-bond acceptors (Lipinski definition) is 3. The molecule has 3 nitrogen and oxygen atoms in total. The van der Waals surface area contributed by atoms with E-state index in [2.05, 4.69) is 42.4 Å². The first kappa shape index (κ1) is 16.3. The van der Waals surface area contributed by atoms with E-state index < -0.39 is 0 Å². The number of ether oxygens (including phenoxy) is 1. The second-order valence-corrected chi connectivity index (χ2v) is 6.12. The average molecular weight is 290 g/mol. The summed E-state index contributed by atoms with van der Waals surface area (Å²) in [5.74, 6) is 0.940. The Morgan fingerprint density at radius 1 is 1.29 bits per heavy atom. The van der Waals surface area contributed by atoms with Crippen LogP contribution < -0.4 is 10.1 Å². The minimum atomic E-state index is 0.372. The maximum atomic E-state index is 5.36. The van der Waals surface area contributed by atoms with Crippen LogP contribution >= 0.6 is 0 Å². The molecule has 0 aliphatic heterocycles. The lowest BCUT2D eigenvalue weighted by Gasteiger charge is -2.34. The third kappa shape index (κ3) is 4.72. The SMILES string of the molecule is CCNC(CN(C)C1CCCCC1)c1cccc(OC)c1. The van der Waals surface area contributed by atoms with Crippen LogP contribution in [0.4, 0.5) is 0 Å². The predicted molar refractivity (Wildman–Crippen MR) is 88.9 cm³/mol. The number of likely N-dealkylation sites (N-methyl/N-ethyl adjacent to an activating group) is 2. The van der Waals surface area contributed by atoms with Gasteiger partial charge in [-0.3, -0.25) is 0 Å². The molecule has 1 fully saturated rings. The number of hydrogen-bond donors (Lipinski definition) is 1. The fraction of sp³-hybridized carbons (Fsp3) is 0.667. The fourth-order valence-electron chi connectivity index (χ4n) is 3.35. The van der Waals surface area contributed by atoms with Crippen molar-refractivity contribution in [1.82, 2.24) is 10.2 Å². The third-order valence-electron chi connectivity index (χ3n) is 4.62. The van der Waals surface area contributed by atoms with Gasteiger partial charge in [0.2, 0.25) is 0 Å². The molecule has 1 saturated carbocycles. The maximum absolute atomic E-state index is 5.36. The smallest absolute Gasteiger partial charge is 0.119 e. The first-order chi connectivity index (χ1) is 10.2. The molecule has 0 radical (unpaired) electrons. The van der Waals surface area contributed by atoms with E-state index in [-0.39, 0.29) is 0 Å². The summed E-state index contributed by atoms with van der Waals surface area (Å²) >= 11 is 0. The highest BCUT2D eigenvalue weighted by Crippen LogP contribution is 2.25. The van der Waals surface area contributed by atoms with Gasteiger partial charge in [-0.25, -0.2) is 0 Å². The Morgan fingerprint density at radius 3 is 2.71 bits per heavy atom. The van der Waals surface area contributed by atoms with Crippen molar-refractivity contribution in [2.75, 3.05) is 27.2 Å². The Kier molecular flexibility index (Phi) is 6.52. The van der Waals surface area contributed by atoms with Crippen LogP contribution in [-0.2, 0) is 0 Å². The molecule has 1 atom stereocenters. The summed E-state index contributed by atoms with van der Waals surface area (Å²) in [6.07, 6.45) is 6.90. The van der Waals surface area contributed by atoms with Gasteiger partial charge >= 0.3 is 0 Å². The molecule has 1 aromatic rings. The van der Waals surface area contributed by atoms with E-state index in [1.807, 2.05) is 6.07 Å². The molecule has 0 heterocycles. The molecule has 118 valence electrons. The zero-order valence-corrected chi connectivity index (χ0v) is 13.8. The van der Waals surface area contributed by atoms with E-state index in [1.165, 1.54) is 37.7 Å². The molecule has 1 aliphatic carbocycles. The minimum Gasteiger partial charge on any atom is -0.497 e. The van der Waals surface area contributed by atoms with Crippen LogP contribution in [0.15, 0.2) is 24.3 Å². The van der Waals surface area contributed by atoms with Crippen LogP contribution in [0.2, 0.25) is 0 Å². The van der Waals surface area contributed by atoms with Gasteiger partial charge in [-0.2, -0.15) is 0 Å².